The van der Waals surface area contributed by atoms with E-state index in [0.717, 1.165) is 22.6 Å². The van der Waals surface area contributed by atoms with Gasteiger partial charge in [0.15, 0.2) is 5.82 Å². The molecule has 1 aromatic carbocycles. The van der Waals surface area contributed by atoms with Crippen LogP contribution in [0, 0.1) is 13.8 Å². The Kier molecular flexibility index (Phi) is 4.70. The molecule has 1 amide bonds. The number of hydrogen-bond acceptors (Lipinski definition) is 4. The number of carbonyl (C=O) groups excluding carboxylic acids is 1. The molecule has 0 bridgehead atoms. The van der Waals surface area contributed by atoms with E-state index in [0.29, 0.717) is 12.4 Å². The first-order valence-corrected chi connectivity index (χ1v) is 8.25. The van der Waals surface area contributed by atoms with Crippen LogP contribution in [-0.2, 0) is 11.3 Å². The van der Waals surface area contributed by atoms with E-state index in [9.17, 15) is 4.79 Å². The minimum atomic E-state index is -0.223. The molecule has 2 heterocycles. The Morgan fingerprint density at radius 3 is 2.60 bits per heavy atom. The van der Waals surface area contributed by atoms with Crippen LogP contribution in [0.4, 0.5) is 5.82 Å². The molecule has 0 aliphatic rings. The Hall–Kier alpha value is -2.89. The van der Waals surface area contributed by atoms with Crippen molar-refractivity contribution in [3.05, 3.63) is 65.2 Å². The number of aryl methyl sites for hydroxylation is 2. The fraction of sp³-hybridized carbons (Fsp3) is 0.316. The van der Waals surface area contributed by atoms with Crippen LogP contribution >= 0.6 is 0 Å². The van der Waals surface area contributed by atoms with Crippen molar-refractivity contribution in [3.8, 4) is 0 Å². The lowest BCUT2D eigenvalue weighted by Crippen LogP contribution is -2.31. The second-order valence-electron chi connectivity index (χ2n) is 6.20. The summed E-state index contributed by atoms with van der Waals surface area (Å²) in [7, 11) is 1.75. The molecule has 130 valence electrons. The summed E-state index contributed by atoms with van der Waals surface area (Å²) >= 11 is 0. The number of hydrogen-bond donors (Lipinski definition) is 0. The van der Waals surface area contributed by atoms with Crippen molar-refractivity contribution in [2.45, 2.75) is 33.2 Å². The van der Waals surface area contributed by atoms with Gasteiger partial charge in [-0.2, -0.15) is 5.10 Å². The van der Waals surface area contributed by atoms with Crippen molar-refractivity contribution in [1.29, 1.82) is 0 Å². The van der Waals surface area contributed by atoms with Gasteiger partial charge in [-0.05, 0) is 26.3 Å². The Bertz CT molecular complexity index is 847. The van der Waals surface area contributed by atoms with Crippen LogP contribution in [0.3, 0.4) is 0 Å². The lowest BCUT2D eigenvalue weighted by molar-refractivity contribution is -0.119. The highest BCUT2D eigenvalue weighted by Crippen LogP contribution is 2.21. The molecule has 0 fully saturated rings. The highest BCUT2D eigenvalue weighted by atomic mass is 16.5. The van der Waals surface area contributed by atoms with Crippen LogP contribution in [-0.4, -0.2) is 27.9 Å². The predicted molar refractivity (Wildman–Crippen MR) is 95.6 cm³/mol. The Morgan fingerprint density at radius 2 is 1.96 bits per heavy atom. The van der Waals surface area contributed by atoms with E-state index >= 15 is 0 Å². The highest BCUT2D eigenvalue weighted by molar-refractivity contribution is 5.96. The largest absolute Gasteiger partial charge is 0.361 e. The molecular formula is C19H22N4O2. The topological polar surface area (TPSA) is 64.2 Å². The summed E-state index contributed by atoms with van der Waals surface area (Å²) in [5, 5.41) is 8.48. The average Bonchev–Trinajstić information content (AvgIpc) is 3.23. The van der Waals surface area contributed by atoms with E-state index in [1.807, 2.05) is 63.4 Å². The zero-order valence-corrected chi connectivity index (χ0v) is 14.9. The molecular weight excluding hydrogens is 316 g/mol. The van der Waals surface area contributed by atoms with Gasteiger partial charge in [0, 0.05) is 24.9 Å². The Morgan fingerprint density at radius 1 is 1.24 bits per heavy atom. The van der Waals surface area contributed by atoms with Gasteiger partial charge < -0.3 is 4.52 Å². The van der Waals surface area contributed by atoms with E-state index in [4.69, 9.17) is 4.52 Å². The van der Waals surface area contributed by atoms with Gasteiger partial charge in [-0.15, -0.1) is 0 Å². The van der Waals surface area contributed by atoms with Gasteiger partial charge in [0.25, 0.3) is 0 Å². The fourth-order valence-electron chi connectivity index (χ4n) is 2.80. The smallest absolute Gasteiger partial charge is 0.235 e. The quantitative estimate of drug-likeness (QED) is 0.716. The summed E-state index contributed by atoms with van der Waals surface area (Å²) in [6.07, 6.45) is 1.86. The summed E-state index contributed by atoms with van der Waals surface area (Å²) in [6, 6.07) is 11.6. The molecule has 2 aromatic heterocycles. The second-order valence-corrected chi connectivity index (χ2v) is 6.20. The third-order valence-corrected chi connectivity index (χ3v) is 4.47. The number of likely N-dealkylation sites (N-methyl/N-ethyl adjacent to an activating group) is 1. The lowest BCUT2D eigenvalue weighted by Gasteiger charge is -2.19. The molecule has 0 N–H and O–H groups in total. The molecule has 0 radical (unpaired) electrons. The SMILES string of the molecule is Cc1noc(C)c1Cn1ccc(N(C)C(=O)[C@@H](C)c2ccccc2)n1. The van der Waals surface area contributed by atoms with E-state index in [1.54, 1.807) is 16.6 Å². The van der Waals surface area contributed by atoms with Crippen molar-refractivity contribution < 1.29 is 9.32 Å². The minimum Gasteiger partial charge on any atom is -0.361 e. The summed E-state index contributed by atoms with van der Waals surface area (Å²) in [5.41, 5.74) is 2.87. The highest BCUT2D eigenvalue weighted by Gasteiger charge is 2.22. The maximum atomic E-state index is 12.7. The first kappa shape index (κ1) is 17.0. The van der Waals surface area contributed by atoms with Gasteiger partial charge in [0.1, 0.15) is 5.76 Å². The molecule has 0 aliphatic carbocycles. The normalized spacial score (nSPS) is 12.2. The number of anilines is 1. The maximum absolute atomic E-state index is 12.7. The number of amides is 1. The number of aromatic nitrogens is 3. The molecule has 0 aliphatic heterocycles. The number of benzene rings is 1. The molecule has 1 atom stereocenters. The van der Waals surface area contributed by atoms with E-state index in [1.165, 1.54) is 0 Å². The number of carbonyl (C=O) groups is 1. The number of rotatable bonds is 5. The van der Waals surface area contributed by atoms with Crippen molar-refractivity contribution >= 4 is 11.7 Å². The van der Waals surface area contributed by atoms with Crippen LogP contribution < -0.4 is 4.90 Å². The van der Waals surface area contributed by atoms with Crippen LogP contribution in [0.5, 0.6) is 0 Å². The molecule has 6 nitrogen and oxygen atoms in total. The van der Waals surface area contributed by atoms with Gasteiger partial charge in [0.2, 0.25) is 5.91 Å². The Balaban J connectivity index is 1.74. The van der Waals surface area contributed by atoms with Gasteiger partial charge >= 0.3 is 0 Å². The van der Waals surface area contributed by atoms with Crippen molar-refractivity contribution in [2.75, 3.05) is 11.9 Å². The Labute approximate surface area is 147 Å². The summed E-state index contributed by atoms with van der Waals surface area (Å²) in [5.74, 6) is 1.20. The zero-order valence-electron chi connectivity index (χ0n) is 14.9. The van der Waals surface area contributed by atoms with Gasteiger partial charge in [-0.25, -0.2) is 0 Å². The lowest BCUT2D eigenvalue weighted by atomic mass is 10.00. The summed E-state index contributed by atoms with van der Waals surface area (Å²) in [6.45, 7) is 6.27. The molecule has 0 saturated carbocycles. The van der Waals surface area contributed by atoms with Crippen molar-refractivity contribution in [3.63, 3.8) is 0 Å². The van der Waals surface area contributed by atoms with Crippen molar-refractivity contribution in [1.82, 2.24) is 14.9 Å². The predicted octanol–water partition coefficient (Wildman–Crippen LogP) is 3.30. The maximum Gasteiger partial charge on any atom is 0.235 e. The molecule has 25 heavy (non-hydrogen) atoms. The second kappa shape index (κ2) is 6.93. The first-order valence-electron chi connectivity index (χ1n) is 8.25. The van der Waals surface area contributed by atoms with Gasteiger partial charge in [0.05, 0.1) is 18.2 Å². The van der Waals surface area contributed by atoms with Crippen LogP contribution in [0.25, 0.3) is 0 Å². The average molecular weight is 338 g/mol. The summed E-state index contributed by atoms with van der Waals surface area (Å²) < 4.78 is 6.98. The molecule has 0 unspecified atom stereocenters. The van der Waals surface area contributed by atoms with Crippen LogP contribution in [0.1, 0.15) is 35.4 Å². The minimum absolute atomic E-state index is 0.00814. The third kappa shape index (κ3) is 3.47. The van der Waals surface area contributed by atoms with Crippen molar-refractivity contribution in [2.24, 2.45) is 0 Å². The standard InChI is InChI=1S/C19H22N4O2/c1-13(16-8-6-5-7-9-16)19(24)22(4)18-10-11-23(20-18)12-17-14(2)21-25-15(17)3/h5-11,13H,12H2,1-4H3/t13-/m0/s1. The third-order valence-electron chi connectivity index (χ3n) is 4.47. The first-order chi connectivity index (χ1) is 12.0. The van der Waals surface area contributed by atoms with E-state index in [2.05, 4.69) is 10.3 Å². The molecule has 6 heteroatoms. The van der Waals surface area contributed by atoms with Gasteiger partial charge in [-0.3, -0.25) is 14.4 Å². The molecule has 3 aromatic rings. The summed E-state index contributed by atoms with van der Waals surface area (Å²) in [4.78, 5) is 14.3. The molecule has 0 spiro atoms. The zero-order chi connectivity index (χ0) is 18.0. The molecule has 3 rings (SSSR count). The van der Waals surface area contributed by atoms with E-state index < -0.39 is 0 Å². The van der Waals surface area contributed by atoms with E-state index in [-0.39, 0.29) is 11.8 Å². The van der Waals surface area contributed by atoms with Crippen LogP contribution in [0.15, 0.2) is 47.1 Å². The van der Waals surface area contributed by atoms with Crippen LogP contribution in [0.2, 0.25) is 0 Å². The number of nitrogens with zero attached hydrogens (tertiary/aromatic N) is 4. The monoisotopic (exact) mass is 338 g/mol. The van der Waals surface area contributed by atoms with Gasteiger partial charge in [-0.1, -0.05) is 35.5 Å². The fourth-order valence-corrected chi connectivity index (χ4v) is 2.80. The molecule has 0 saturated heterocycles.